The summed E-state index contributed by atoms with van der Waals surface area (Å²) in [6.45, 7) is 2.25. The van der Waals surface area contributed by atoms with Gasteiger partial charge in [0.1, 0.15) is 5.82 Å². The Morgan fingerprint density at radius 2 is 2.50 bits per heavy atom. The monoisotopic (exact) mass is 220 g/mol. The Hall–Kier alpha value is -1.03. The van der Waals surface area contributed by atoms with E-state index in [-0.39, 0.29) is 0 Å². The average molecular weight is 220 g/mol. The normalized spacial score (nSPS) is 32.9. The molecule has 4 heteroatoms. The second-order valence-corrected chi connectivity index (χ2v) is 5.09. The fourth-order valence-electron chi connectivity index (χ4n) is 3.29. The first-order chi connectivity index (χ1) is 7.84. The summed E-state index contributed by atoms with van der Waals surface area (Å²) < 4.78 is 1.89. The molecule has 0 radical (unpaired) electrons. The largest absolute Gasteiger partial charge is 0.369 e. The van der Waals surface area contributed by atoms with Crippen LogP contribution in [0.4, 0.5) is 5.82 Å². The molecule has 1 aromatic rings. The number of aromatic nitrogens is 2. The quantitative estimate of drug-likeness (QED) is 0.805. The Bertz CT molecular complexity index is 360. The van der Waals surface area contributed by atoms with Crippen molar-refractivity contribution in [3.63, 3.8) is 0 Å². The van der Waals surface area contributed by atoms with Crippen LogP contribution in [0, 0.1) is 11.8 Å². The van der Waals surface area contributed by atoms with E-state index in [0.29, 0.717) is 6.04 Å². The zero-order valence-corrected chi connectivity index (χ0v) is 9.82. The van der Waals surface area contributed by atoms with Crippen molar-refractivity contribution in [2.24, 2.45) is 18.9 Å². The van der Waals surface area contributed by atoms with Gasteiger partial charge in [-0.3, -0.25) is 4.68 Å². The van der Waals surface area contributed by atoms with Crippen molar-refractivity contribution in [2.75, 3.05) is 18.4 Å². The zero-order chi connectivity index (χ0) is 11.0. The highest BCUT2D eigenvalue weighted by atomic mass is 15.3. The zero-order valence-electron chi connectivity index (χ0n) is 9.82. The van der Waals surface area contributed by atoms with Crippen LogP contribution in [-0.4, -0.2) is 28.9 Å². The van der Waals surface area contributed by atoms with Gasteiger partial charge in [0.15, 0.2) is 0 Å². The van der Waals surface area contributed by atoms with Gasteiger partial charge in [-0.2, -0.15) is 5.10 Å². The molecule has 0 spiro atoms. The molecule has 88 valence electrons. The summed E-state index contributed by atoms with van der Waals surface area (Å²) in [5.74, 6) is 2.96. The minimum atomic E-state index is 0.655. The van der Waals surface area contributed by atoms with E-state index in [1.807, 2.05) is 24.0 Å². The lowest BCUT2D eigenvalue weighted by atomic mass is 9.94. The Balaban J connectivity index is 1.58. The summed E-state index contributed by atoms with van der Waals surface area (Å²) >= 11 is 0. The first-order valence-corrected chi connectivity index (χ1v) is 6.30. The molecule has 1 aliphatic heterocycles. The molecular formula is C12H20N4. The molecule has 1 saturated carbocycles. The summed E-state index contributed by atoms with van der Waals surface area (Å²) in [4.78, 5) is 0. The Labute approximate surface area is 96.4 Å². The van der Waals surface area contributed by atoms with Crippen molar-refractivity contribution in [1.82, 2.24) is 15.1 Å². The highest BCUT2D eigenvalue weighted by molar-refractivity contribution is 5.33. The predicted octanol–water partition coefficient (Wildman–Crippen LogP) is 1.22. The van der Waals surface area contributed by atoms with Crippen LogP contribution in [0.1, 0.15) is 19.3 Å². The molecule has 1 saturated heterocycles. The summed E-state index contributed by atoms with van der Waals surface area (Å²) in [5, 5.41) is 11.3. The second kappa shape index (κ2) is 4.09. The van der Waals surface area contributed by atoms with Crippen molar-refractivity contribution >= 4 is 5.82 Å². The maximum atomic E-state index is 4.16. The van der Waals surface area contributed by atoms with Gasteiger partial charge in [0, 0.05) is 25.7 Å². The molecule has 3 unspecified atom stereocenters. The van der Waals surface area contributed by atoms with Crippen molar-refractivity contribution in [3.8, 4) is 0 Å². The van der Waals surface area contributed by atoms with Crippen LogP contribution in [-0.2, 0) is 7.05 Å². The summed E-state index contributed by atoms with van der Waals surface area (Å²) in [7, 11) is 1.97. The SMILES string of the molecule is Cn1nccc1NCC1NCC2CCCC21. The molecule has 3 rings (SSSR count). The fraction of sp³-hybridized carbons (Fsp3) is 0.750. The molecular weight excluding hydrogens is 200 g/mol. The molecule has 0 bridgehead atoms. The van der Waals surface area contributed by atoms with E-state index >= 15 is 0 Å². The third-order valence-corrected chi connectivity index (χ3v) is 4.20. The van der Waals surface area contributed by atoms with Gasteiger partial charge < -0.3 is 10.6 Å². The van der Waals surface area contributed by atoms with E-state index in [0.717, 1.165) is 24.2 Å². The lowest BCUT2D eigenvalue weighted by Gasteiger charge is -2.19. The third kappa shape index (κ3) is 1.71. The number of anilines is 1. The van der Waals surface area contributed by atoms with Crippen molar-refractivity contribution in [3.05, 3.63) is 12.3 Å². The maximum Gasteiger partial charge on any atom is 0.123 e. The fourth-order valence-corrected chi connectivity index (χ4v) is 3.29. The van der Waals surface area contributed by atoms with Crippen molar-refractivity contribution in [1.29, 1.82) is 0 Å². The molecule has 2 fully saturated rings. The van der Waals surface area contributed by atoms with E-state index in [1.54, 1.807) is 0 Å². The van der Waals surface area contributed by atoms with E-state index < -0.39 is 0 Å². The molecule has 1 aliphatic carbocycles. The first-order valence-electron chi connectivity index (χ1n) is 6.30. The minimum absolute atomic E-state index is 0.655. The minimum Gasteiger partial charge on any atom is -0.369 e. The van der Waals surface area contributed by atoms with Crippen LogP contribution in [0.15, 0.2) is 12.3 Å². The topological polar surface area (TPSA) is 41.9 Å². The predicted molar refractivity (Wildman–Crippen MR) is 64.3 cm³/mol. The van der Waals surface area contributed by atoms with Crippen LogP contribution in [0.3, 0.4) is 0 Å². The lowest BCUT2D eigenvalue weighted by Crippen LogP contribution is -2.34. The number of rotatable bonds is 3. The van der Waals surface area contributed by atoms with Crippen LogP contribution in [0.25, 0.3) is 0 Å². The lowest BCUT2D eigenvalue weighted by molar-refractivity contribution is 0.422. The molecule has 2 N–H and O–H groups in total. The molecule has 0 amide bonds. The third-order valence-electron chi connectivity index (χ3n) is 4.20. The number of fused-ring (bicyclic) bond motifs is 1. The van der Waals surface area contributed by atoms with E-state index in [9.17, 15) is 0 Å². The highest BCUT2D eigenvalue weighted by Crippen LogP contribution is 2.37. The van der Waals surface area contributed by atoms with Gasteiger partial charge in [-0.05, 0) is 31.2 Å². The van der Waals surface area contributed by atoms with Crippen LogP contribution in [0.5, 0.6) is 0 Å². The van der Waals surface area contributed by atoms with Gasteiger partial charge in [0.25, 0.3) is 0 Å². The van der Waals surface area contributed by atoms with Gasteiger partial charge in [0.05, 0.1) is 6.20 Å². The van der Waals surface area contributed by atoms with Crippen molar-refractivity contribution in [2.45, 2.75) is 25.3 Å². The number of nitrogens with one attached hydrogen (secondary N) is 2. The Kier molecular flexibility index (Phi) is 2.59. The molecule has 1 aromatic heterocycles. The Morgan fingerprint density at radius 1 is 1.56 bits per heavy atom. The molecule has 4 nitrogen and oxygen atoms in total. The smallest absolute Gasteiger partial charge is 0.123 e. The molecule has 2 heterocycles. The van der Waals surface area contributed by atoms with Crippen LogP contribution in [0.2, 0.25) is 0 Å². The summed E-state index contributed by atoms with van der Waals surface area (Å²) in [6.07, 6.45) is 6.11. The second-order valence-electron chi connectivity index (χ2n) is 5.09. The van der Waals surface area contributed by atoms with Crippen LogP contribution >= 0.6 is 0 Å². The average Bonchev–Trinajstić information content (AvgIpc) is 2.92. The van der Waals surface area contributed by atoms with E-state index in [2.05, 4.69) is 15.7 Å². The van der Waals surface area contributed by atoms with Gasteiger partial charge in [-0.15, -0.1) is 0 Å². The van der Waals surface area contributed by atoms with Crippen molar-refractivity contribution < 1.29 is 0 Å². The van der Waals surface area contributed by atoms with E-state index in [1.165, 1.54) is 25.8 Å². The maximum absolute atomic E-state index is 4.16. The highest BCUT2D eigenvalue weighted by Gasteiger charge is 2.38. The van der Waals surface area contributed by atoms with Gasteiger partial charge >= 0.3 is 0 Å². The summed E-state index contributed by atoms with van der Waals surface area (Å²) in [5.41, 5.74) is 0. The van der Waals surface area contributed by atoms with Gasteiger partial charge in [-0.1, -0.05) is 6.42 Å². The van der Waals surface area contributed by atoms with Gasteiger partial charge in [-0.25, -0.2) is 0 Å². The van der Waals surface area contributed by atoms with Gasteiger partial charge in [0.2, 0.25) is 0 Å². The Morgan fingerprint density at radius 3 is 3.31 bits per heavy atom. The van der Waals surface area contributed by atoms with Crippen LogP contribution < -0.4 is 10.6 Å². The number of aryl methyl sites for hydroxylation is 1. The molecule has 16 heavy (non-hydrogen) atoms. The standard InChI is InChI=1S/C12H20N4/c1-16-12(5-6-15-16)14-8-11-10-4-2-3-9(10)7-13-11/h5-6,9-11,13-14H,2-4,7-8H2,1H3. The molecule has 0 aromatic carbocycles. The number of hydrogen-bond acceptors (Lipinski definition) is 3. The number of hydrogen-bond donors (Lipinski definition) is 2. The molecule has 3 atom stereocenters. The first kappa shape index (κ1) is 10.1. The number of nitrogens with zero attached hydrogens (tertiary/aromatic N) is 2. The van der Waals surface area contributed by atoms with E-state index in [4.69, 9.17) is 0 Å². The summed E-state index contributed by atoms with van der Waals surface area (Å²) in [6, 6.07) is 2.68. The molecule has 2 aliphatic rings.